The Hall–Kier alpha value is -2.38. The van der Waals surface area contributed by atoms with Gasteiger partial charge in [-0.05, 0) is 49.4 Å². The molecule has 2 atom stereocenters. The molecule has 0 saturated heterocycles. The van der Waals surface area contributed by atoms with E-state index < -0.39 is 12.2 Å². The van der Waals surface area contributed by atoms with Gasteiger partial charge in [0, 0.05) is 37.9 Å². The van der Waals surface area contributed by atoms with Gasteiger partial charge in [0.2, 0.25) is 0 Å². The monoisotopic (exact) mass is 426 g/mol. The van der Waals surface area contributed by atoms with Crippen LogP contribution in [0.15, 0.2) is 48.7 Å². The zero-order valence-electron chi connectivity index (χ0n) is 18.7. The molecule has 0 spiro atoms. The summed E-state index contributed by atoms with van der Waals surface area (Å²) < 4.78 is 7.92. The lowest BCUT2D eigenvalue weighted by molar-refractivity contribution is 0.0349. The summed E-state index contributed by atoms with van der Waals surface area (Å²) in [6, 6.07) is 14.2. The van der Waals surface area contributed by atoms with Crippen LogP contribution in [0.3, 0.4) is 0 Å². The number of hydrogen-bond donors (Lipinski definition) is 3. The highest BCUT2D eigenvalue weighted by Gasteiger charge is 2.18. The minimum Gasteiger partial charge on any atom is -0.490 e. The molecule has 0 aliphatic heterocycles. The van der Waals surface area contributed by atoms with E-state index in [1.54, 1.807) is 0 Å². The Morgan fingerprint density at radius 2 is 1.65 bits per heavy atom. The number of benzene rings is 2. The van der Waals surface area contributed by atoms with Crippen LogP contribution in [0, 0.1) is 20.8 Å². The van der Waals surface area contributed by atoms with Crippen molar-refractivity contribution < 1.29 is 20.1 Å². The largest absolute Gasteiger partial charge is 0.490 e. The van der Waals surface area contributed by atoms with Gasteiger partial charge in [0.05, 0.1) is 12.7 Å². The fourth-order valence-corrected chi connectivity index (χ4v) is 4.21. The Balaban J connectivity index is 1.55. The van der Waals surface area contributed by atoms with Crippen LogP contribution in [0.5, 0.6) is 5.75 Å². The average Bonchev–Trinajstić information content (AvgIpc) is 3.10. The van der Waals surface area contributed by atoms with Gasteiger partial charge in [-0.1, -0.05) is 35.9 Å². The highest BCUT2D eigenvalue weighted by Crippen LogP contribution is 2.24. The third-order valence-corrected chi connectivity index (χ3v) is 5.47. The molecule has 0 amide bonds. The number of aryl methyl sites for hydroxylation is 3. The van der Waals surface area contributed by atoms with Crippen LogP contribution in [0.1, 0.15) is 16.7 Å². The number of ether oxygens (including phenoxy) is 1. The first-order valence-electron chi connectivity index (χ1n) is 10.8. The molecule has 31 heavy (non-hydrogen) atoms. The zero-order valence-corrected chi connectivity index (χ0v) is 18.7. The fourth-order valence-electron chi connectivity index (χ4n) is 4.21. The molecule has 0 unspecified atom stereocenters. The number of nitrogens with zero attached hydrogens (tertiary/aromatic N) is 2. The van der Waals surface area contributed by atoms with Crippen molar-refractivity contribution in [1.82, 2.24) is 9.47 Å². The highest BCUT2D eigenvalue weighted by atomic mass is 16.5. The van der Waals surface area contributed by atoms with E-state index in [0.29, 0.717) is 26.2 Å². The second-order valence-electron chi connectivity index (χ2n) is 8.36. The van der Waals surface area contributed by atoms with E-state index in [0.717, 1.165) is 27.8 Å². The van der Waals surface area contributed by atoms with Crippen molar-refractivity contribution in [2.24, 2.45) is 0 Å². The van der Waals surface area contributed by atoms with Crippen LogP contribution >= 0.6 is 0 Å². The van der Waals surface area contributed by atoms with Gasteiger partial charge in [0.25, 0.3) is 0 Å². The summed E-state index contributed by atoms with van der Waals surface area (Å²) in [7, 11) is 0. The molecule has 168 valence electrons. The summed E-state index contributed by atoms with van der Waals surface area (Å²) in [6.45, 7) is 7.66. The van der Waals surface area contributed by atoms with E-state index in [2.05, 4.69) is 12.1 Å². The van der Waals surface area contributed by atoms with E-state index >= 15 is 0 Å². The second-order valence-corrected chi connectivity index (χ2v) is 8.36. The van der Waals surface area contributed by atoms with Gasteiger partial charge in [-0.15, -0.1) is 0 Å². The van der Waals surface area contributed by atoms with Gasteiger partial charge >= 0.3 is 0 Å². The predicted molar refractivity (Wildman–Crippen MR) is 124 cm³/mol. The van der Waals surface area contributed by atoms with Gasteiger partial charge in [-0.25, -0.2) is 0 Å². The van der Waals surface area contributed by atoms with E-state index in [4.69, 9.17) is 4.74 Å². The molecule has 0 bridgehead atoms. The average molecular weight is 427 g/mol. The number of para-hydroxylation sites is 1. The van der Waals surface area contributed by atoms with Crippen molar-refractivity contribution in [3.8, 4) is 5.75 Å². The molecule has 3 N–H and O–H groups in total. The maximum absolute atomic E-state index is 10.6. The first-order valence-corrected chi connectivity index (χ1v) is 10.8. The van der Waals surface area contributed by atoms with Crippen molar-refractivity contribution in [3.05, 3.63) is 65.4 Å². The number of aromatic nitrogens is 1. The highest BCUT2D eigenvalue weighted by molar-refractivity contribution is 5.79. The Kier molecular flexibility index (Phi) is 8.09. The van der Waals surface area contributed by atoms with Crippen LogP contribution in [0.2, 0.25) is 0 Å². The van der Waals surface area contributed by atoms with Crippen molar-refractivity contribution in [1.29, 1.82) is 0 Å². The molecule has 6 nitrogen and oxygen atoms in total. The Morgan fingerprint density at radius 3 is 2.35 bits per heavy atom. The van der Waals surface area contributed by atoms with E-state index in [-0.39, 0.29) is 13.2 Å². The van der Waals surface area contributed by atoms with Crippen LogP contribution in [0.25, 0.3) is 10.9 Å². The molecular weight excluding hydrogens is 392 g/mol. The molecule has 0 fully saturated rings. The first kappa shape index (κ1) is 23.3. The molecule has 2 aromatic carbocycles. The van der Waals surface area contributed by atoms with Gasteiger partial charge in [0.15, 0.2) is 0 Å². The maximum Gasteiger partial charge on any atom is 0.125 e. The summed E-state index contributed by atoms with van der Waals surface area (Å²) in [5, 5.41) is 31.7. The molecule has 3 aromatic rings. The van der Waals surface area contributed by atoms with E-state index in [1.165, 1.54) is 5.56 Å². The zero-order chi connectivity index (χ0) is 22.4. The summed E-state index contributed by atoms with van der Waals surface area (Å²) in [5.41, 5.74) is 4.35. The van der Waals surface area contributed by atoms with E-state index in [1.807, 2.05) is 66.8 Å². The molecule has 1 heterocycles. The van der Waals surface area contributed by atoms with Crippen LogP contribution in [0.4, 0.5) is 0 Å². The predicted octanol–water partition coefficient (Wildman–Crippen LogP) is 2.66. The molecule has 0 saturated carbocycles. The smallest absolute Gasteiger partial charge is 0.125 e. The standard InChI is InChI=1S/C25H34N2O4/c1-18-12-19(2)25(20(3)13-18)31-17-23(30)15-26(10-11-28)14-22(29)16-27-9-8-21-6-4-5-7-24(21)27/h4-9,12-13,22-23,28-30H,10-11,14-17H2,1-3H3/t22-,23+/m1/s1. The van der Waals surface area contributed by atoms with Crippen molar-refractivity contribution in [2.45, 2.75) is 39.5 Å². The van der Waals surface area contributed by atoms with Crippen molar-refractivity contribution in [2.75, 3.05) is 32.8 Å². The number of aliphatic hydroxyl groups is 3. The Bertz CT molecular complexity index is 962. The van der Waals surface area contributed by atoms with Gasteiger partial charge in [-0.3, -0.25) is 4.90 Å². The van der Waals surface area contributed by atoms with Crippen molar-refractivity contribution >= 4 is 10.9 Å². The number of fused-ring (bicyclic) bond motifs is 1. The lowest BCUT2D eigenvalue weighted by atomic mass is 10.1. The molecule has 1 aromatic heterocycles. The summed E-state index contributed by atoms with van der Waals surface area (Å²) in [5.74, 6) is 0.804. The summed E-state index contributed by atoms with van der Waals surface area (Å²) in [6.07, 6.45) is 0.613. The Morgan fingerprint density at radius 1 is 0.968 bits per heavy atom. The summed E-state index contributed by atoms with van der Waals surface area (Å²) in [4.78, 5) is 1.87. The number of aliphatic hydroxyl groups excluding tert-OH is 3. The normalized spacial score (nSPS) is 13.6. The van der Waals surface area contributed by atoms with Crippen LogP contribution < -0.4 is 4.74 Å². The third kappa shape index (κ3) is 6.31. The van der Waals surface area contributed by atoms with Crippen LogP contribution in [-0.2, 0) is 6.54 Å². The van der Waals surface area contributed by atoms with Crippen LogP contribution in [-0.4, -0.2) is 69.8 Å². The maximum atomic E-state index is 10.6. The van der Waals surface area contributed by atoms with Crippen molar-refractivity contribution in [3.63, 3.8) is 0 Å². The van der Waals surface area contributed by atoms with Gasteiger partial charge < -0.3 is 24.6 Å². The minimum atomic E-state index is -0.730. The fraction of sp³-hybridized carbons (Fsp3) is 0.440. The quantitative estimate of drug-likeness (QED) is 0.439. The molecule has 0 radical (unpaired) electrons. The lowest BCUT2D eigenvalue weighted by Crippen LogP contribution is -2.42. The number of hydrogen-bond acceptors (Lipinski definition) is 5. The molecule has 0 aliphatic carbocycles. The molecule has 3 rings (SSSR count). The molecular formula is C25H34N2O4. The Labute approximate surface area is 184 Å². The summed E-state index contributed by atoms with van der Waals surface area (Å²) >= 11 is 0. The SMILES string of the molecule is Cc1cc(C)c(OC[C@@H](O)CN(CCO)C[C@@H](O)Cn2ccc3ccccc32)c(C)c1. The minimum absolute atomic E-state index is 0.0388. The van der Waals surface area contributed by atoms with E-state index in [9.17, 15) is 15.3 Å². The van der Waals surface area contributed by atoms with Gasteiger partial charge in [0.1, 0.15) is 18.5 Å². The second kappa shape index (κ2) is 10.8. The first-order chi connectivity index (χ1) is 14.9. The number of rotatable bonds is 11. The topological polar surface area (TPSA) is 78.1 Å². The molecule has 6 heteroatoms. The van der Waals surface area contributed by atoms with Gasteiger partial charge in [-0.2, -0.15) is 0 Å². The molecule has 0 aliphatic rings. The lowest BCUT2D eigenvalue weighted by Gasteiger charge is -2.27. The third-order valence-electron chi connectivity index (χ3n) is 5.47.